The molecule has 1 aliphatic heterocycles. The van der Waals surface area contributed by atoms with Crippen LogP contribution in [0.5, 0.6) is 5.75 Å². The van der Waals surface area contributed by atoms with Gasteiger partial charge in [-0.25, -0.2) is 23.6 Å². The molecule has 131 valence electrons. The largest absolute Gasteiger partial charge is 0.481 e. The number of nitrogens with zero attached hydrogens (tertiary/aromatic N) is 1. The van der Waals surface area contributed by atoms with Crippen LogP contribution in [0.25, 0.3) is 5.70 Å². The van der Waals surface area contributed by atoms with Crippen LogP contribution in [0.15, 0.2) is 12.1 Å². The fourth-order valence-electron chi connectivity index (χ4n) is 2.18. The van der Waals surface area contributed by atoms with Crippen LogP contribution < -0.4 is 4.74 Å². The zero-order valence-corrected chi connectivity index (χ0v) is 17.2. The number of ether oxygens (including phenoxy) is 1. The summed E-state index contributed by atoms with van der Waals surface area (Å²) >= 11 is 3.02. The van der Waals surface area contributed by atoms with Crippen LogP contribution in [-0.4, -0.2) is 35.2 Å². The minimum atomic E-state index is -2.87. The maximum absolute atomic E-state index is 14.3. The molecule has 0 aliphatic carbocycles. The van der Waals surface area contributed by atoms with Crippen LogP contribution >= 0.6 is 15.9 Å². The van der Waals surface area contributed by atoms with Crippen LogP contribution in [0.1, 0.15) is 12.0 Å². The third-order valence-electron chi connectivity index (χ3n) is 3.15. The first-order chi connectivity index (χ1) is 11.3. The number of allylic oxidation sites excluding steroid dienone is 1. The van der Waals surface area contributed by atoms with Gasteiger partial charge in [0, 0.05) is 32.7 Å². The molecule has 1 unspecified atom stereocenters. The molecule has 1 atom stereocenters. The zero-order chi connectivity index (χ0) is 17.9. The second-order valence-corrected chi connectivity index (χ2v) is 5.90. The quantitative estimate of drug-likeness (QED) is 0.272. The summed E-state index contributed by atoms with van der Waals surface area (Å²) < 4.78 is 59.0. The van der Waals surface area contributed by atoms with Crippen molar-refractivity contribution in [3.05, 3.63) is 35.4 Å². The number of alkyl halides is 3. The fraction of sp³-hybridized carbons (Fsp3) is 0.312. The Labute approximate surface area is 175 Å². The van der Waals surface area contributed by atoms with Gasteiger partial charge < -0.3 is 9.64 Å². The number of hydrogen-bond acceptors (Lipinski definition) is 2. The topological polar surface area (TPSA) is 29.5 Å². The van der Waals surface area contributed by atoms with Crippen molar-refractivity contribution in [1.29, 1.82) is 0 Å². The molecule has 1 aromatic rings. The third kappa shape index (κ3) is 5.29. The predicted molar refractivity (Wildman–Crippen MR) is 82.4 cm³/mol. The van der Waals surface area contributed by atoms with Gasteiger partial charge in [-0.05, 0) is 12.1 Å². The van der Waals surface area contributed by atoms with E-state index < -0.39 is 40.9 Å². The summed E-state index contributed by atoms with van der Waals surface area (Å²) in [6.07, 6.45) is 4.73. The fourth-order valence-corrected chi connectivity index (χ4v) is 2.58. The Balaban J connectivity index is 0.00000312. The van der Waals surface area contributed by atoms with E-state index in [1.54, 1.807) is 0 Å². The average Bonchev–Trinajstić information content (AvgIpc) is 2.51. The van der Waals surface area contributed by atoms with Gasteiger partial charge in [0.1, 0.15) is 12.4 Å². The molecule has 9 heteroatoms. The van der Waals surface area contributed by atoms with E-state index in [9.17, 15) is 22.4 Å². The summed E-state index contributed by atoms with van der Waals surface area (Å²) in [5.41, 5.74) is -0.967. The predicted octanol–water partition coefficient (Wildman–Crippen LogP) is 3.38. The summed E-state index contributed by atoms with van der Waals surface area (Å²) in [6, 6.07) is 1.74. The molecule has 2 rings (SSSR count). The first-order valence-electron chi connectivity index (χ1n) is 6.75. The Morgan fingerprint density at radius 1 is 1.40 bits per heavy atom. The van der Waals surface area contributed by atoms with E-state index in [0.29, 0.717) is 4.90 Å². The van der Waals surface area contributed by atoms with Crippen LogP contribution in [0, 0.1) is 30.1 Å². The summed E-state index contributed by atoms with van der Waals surface area (Å²) in [5.74, 6) is -0.842. The van der Waals surface area contributed by atoms with E-state index >= 15 is 0 Å². The SMILES string of the molecule is C#CCOc1cc(F)c(C2=[C-]CC(Br)C(=O)N2CC(F)F)c(F)c1.[Y]. The minimum Gasteiger partial charge on any atom is -0.481 e. The maximum Gasteiger partial charge on any atom is 0.256 e. The standard InChI is InChI=1S/C16H11BrF4NO2.Y/c1-2-5-24-9-6-11(18)15(12(19)7-9)13-4-3-10(17)16(23)22(13)8-14(20)21;/h1,6-7,10,14H,3,5,8H2;/q-1;. The van der Waals surface area contributed by atoms with Crippen molar-refractivity contribution in [2.24, 2.45) is 0 Å². The van der Waals surface area contributed by atoms with Crippen LogP contribution in [0.3, 0.4) is 0 Å². The van der Waals surface area contributed by atoms with Gasteiger partial charge in [0.05, 0.1) is 23.0 Å². The van der Waals surface area contributed by atoms with E-state index in [4.69, 9.17) is 11.2 Å². The molecule has 0 saturated carbocycles. The monoisotopic (exact) mass is 493 g/mol. The smallest absolute Gasteiger partial charge is 0.256 e. The van der Waals surface area contributed by atoms with Crippen molar-refractivity contribution < 1.29 is 59.8 Å². The number of carbonyl (C=O) groups excluding carboxylic acids is 1. The Hall–Kier alpha value is -0.906. The van der Waals surface area contributed by atoms with Crippen molar-refractivity contribution >= 4 is 27.5 Å². The molecule has 1 aromatic carbocycles. The second kappa shape index (κ2) is 9.70. The average molecular weight is 494 g/mol. The van der Waals surface area contributed by atoms with Crippen LogP contribution in [-0.2, 0) is 37.5 Å². The van der Waals surface area contributed by atoms with Crippen molar-refractivity contribution in [2.75, 3.05) is 13.2 Å². The molecule has 0 bridgehead atoms. The molecule has 1 heterocycles. The molecule has 1 amide bonds. The van der Waals surface area contributed by atoms with Gasteiger partial charge in [-0.15, -0.1) is 12.1 Å². The Morgan fingerprint density at radius 3 is 2.52 bits per heavy atom. The molecule has 0 N–H and O–H groups in total. The number of halogens is 5. The van der Waals surface area contributed by atoms with Crippen molar-refractivity contribution in [2.45, 2.75) is 17.7 Å². The number of amides is 1. The van der Waals surface area contributed by atoms with E-state index in [2.05, 4.69) is 27.9 Å². The van der Waals surface area contributed by atoms with Gasteiger partial charge in [-0.2, -0.15) is 0 Å². The number of terminal acetylenes is 1. The number of rotatable bonds is 5. The Morgan fingerprint density at radius 2 is 2.00 bits per heavy atom. The van der Waals surface area contributed by atoms with E-state index in [1.807, 2.05) is 0 Å². The van der Waals surface area contributed by atoms with E-state index in [-0.39, 0.29) is 57.2 Å². The van der Waals surface area contributed by atoms with Crippen molar-refractivity contribution in [3.63, 3.8) is 0 Å². The number of hydrogen-bond donors (Lipinski definition) is 0. The summed E-state index contributed by atoms with van der Waals surface area (Å²) in [4.78, 5) is 11.9. The molecule has 0 aromatic heterocycles. The second-order valence-electron chi connectivity index (χ2n) is 4.79. The van der Waals surface area contributed by atoms with Crippen LogP contribution in [0.2, 0.25) is 0 Å². The zero-order valence-electron chi connectivity index (χ0n) is 12.7. The molecule has 0 saturated heterocycles. The summed E-state index contributed by atoms with van der Waals surface area (Å²) in [7, 11) is 0. The molecule has 1 radical (unpaired) electrons. The van der Waals surface area contributed by atoms with E-state index in [1.165, 1.54) is 0 Å². The third-order valence-corrected chi connectivity index (χ3v) is 3.86. The van der Waals surface area contributed by atoms with Gasteiger partial charge in [-0.3, -0.25) is 4.79 Å². The Kier molecular flexibility index (Phi) is 8.59. The van der Waals surface area contributed by atoms with Crippen molar-refractivity contribution in [3.8, 4) is 18.1 Å². The molecule has 1 aliphatic rings. The van der Waals surface area contributed by atoms with Gasteiger partial charge in [0.25, 0.3) is 6.43 Å². The molecule has 0 fully saturated rings. The first-order valence-corrected chi connectivity index (χ1v) is 7.66. The van der Waals surface area contributed by atoms with E-state index in [0.717, 1.165) is 12.1 Å². The van der Waals surface area contributed by atoms with Gasteiger partial charge in [-0.1, -0.05) is 33.8 Å². The Bertz CT molecular complexity index is 698. The summed E-state index contributed by atoms with van der Waals surface area (Å²) in [6.45, 7) is -1.17. The maximum atomic E-state index is 14.3. The minimum absolute atomic E-state index is 0. The summed E-state index contributed by atoms with van der Waals surface area (Å²) in [5, 5.41) is 0. The van der Waals surface area contributed by atoms with Crippen molar-refractivity contribution in [1.82, 2.24) is 4.90 Å². The van der Waals surface area contributed by atoms with Crippen LogP contribution in [0.4, 0.5) is 17.6 Å². The molecule has 3 nitrogen and oxygen atoms in total. The normalized spacial score (nSPS) is 17.0. The van der Waals surface area contributed by atoms with Gasteiger partial charge in [0.15, 0.2) is 0 Å². The van der Waals surface area contributed by atoms with Gasteiger partial charge >= 0.3 is 0 Å². The molecule has 25 heavy (non-hydrogen) atoms. The first kappa shape index (κ1) is 22.1. The molecular weight excluding hydrogens is 483 g/mol. The number of carbonyl (C=O) groups is 1. The number of benzene rings is 1. The molecular formula is C16H11BrF4NO2Y-. The molecule has 0 spiro atoms. The van der Waals surface area contributed by atoms with Gasteiger partial charge in [0.2, 0.25) is 5.91 Å².